The monoisotopic (exact) mass is 477 g/mol. The van der Waals surface area contributed by atoms with Gasteiger partial charge in [0.2, 0.25) is 0 Å². The molecule has 0 spiro atoms. The van der Waals surface area contributed by atoms with Crippen LogP contribution in [0.15, 0.2) is 60.0 Å². The highest BCUT2D eigenvalue weighted by Crippen LogP contribution is 2.29. The van der Waals surface area contributed by atoms with E-state index in [9.17, 15) is 13.2 Å². The number of nitrogens with zero attached hydrogens (tertiary/aromatic N) is 4. The quantitative estimate of drug-likeness (QED) is 0.469. The topological polar surface area (TPSA) is 98.4 Å². The van der Waals surface area contributed by atoms with Crippen LogP contribution in [0.5, 0.6) is 0 Å². The Morgan fingerprint density at radius 1 is 1.09 bits per heavy atom. The number of carbonyl (C=O) groups excluding carboxylic acids is 1. The van der Waals surface area contributed by atoms with Gasteiger partial charge in [-0.15, -0.1) is 0 Å². The third-order valence-electron chi connectivity index (χ3n) is 6.14. The lowest BCUT2D eigenvalue weighted by Crippen LogP contribution is -2.28. The van der Waals surface area contributed by atoms with E-state index >= 15 is 0 Å². The molecule has 3 aromatic heterocycles. The predicted molar refractivity (Wildman–Crippen MR) is 130 cm³/mol. The van der Waals surface area contributed by atoms with Crippen LogP contribution >= 0.6 is 0 Å². The average Bonchev–Trinajstić information content (AvgIpc) is 3.30. The van der Waals surface area contributed by atoms with E-state index in [4.69, 9.17) is 0 Å². The van der Waals surface area contributed by atoms with E-state index in [1.54, 1.807) is 60.7 Å². The van der Waals surface area contributed by atoms with Crippen molar-refractivity contribution >= 4 is 21.3 Å². The molecular formula is C25H27N5O3S. The number of aryl methyl sites for hydroxylation is 1. The first-order valence-corrected chi connectivity index (χ1v) is 12.7. The minimum atomic E-state index is -3.51. The van der Waals surface area contributed by atoms with Crippen LogP contribution in [-0.4, -0.2) is 44.5 Å². The number of benzene rings is 1. The maximum absolute atomic E-state index is 13.0. The first-order chi connectivity index (χ1) is 16.0. The van der Waals surface area contributed by atoms with Crippen molar-refractivity contribution in [2.45, 2.75) is 56.2 Å². The van der Waals surface area contributed by atoms with Crippen molar-refractivity contribution in [1.29, 1.82) is 0 Å². The van der Waals surface area contributed by atoms with Gasteiger partial charge in [-0.2, -0.15) is 10.2 Å². The van der Waals surface area contributed by atoms with Gasteiger partial charge in [0.1, 0.15) is 5.69 Å². The summed E-state index contributed by atoms with van der Waals surface area (Å²) in [4.78, 5) is 12.8. The molecule has 1 fully saturated rings. The van der Waals surface area contributed by atoms with E-state index in [2.05, 4.69) is 15.5 Å². The smallest absolute Gasteiger partial charge is 0.251 e. The van der Waals surface area contributed by atoms with Crippen molar-refractivity contribution in [3.63, 3.8) is 0 Å². The van der Waals surface area contributed by atoms with Gasteiger partial charge in [-0.05, 0) is 75.9 Å². The number of rotatable bonds is 5. The molecule has 0 bridgehead atoms. The number of amides is 1. The third-order valence-corrected chi connectivity index (χ3v) is 8.63. The van der Waals surface area contributed by atoms with E-state index in [-0.39, 0.29) is 10.8 Å². The summed E-state index contributed by atoms with van der Waals surface area (Å²) in [5.74, 6) is -0.0636. The Morgan fingerprint density at radius 2 is 1.85 bits per heavy atom. The number of hydrogen-bond acceptors (Lipinski definition) is 5. The summed E-state index contributed by atoms with van der Waals surface area (Å²) in [6.45, 7) is 7.05. The summed E-state index contributed by atoms with van der Waals surface area (Å²) in [6, 6.07) is 9.16. The lowest BCUT2D eigenvalue weighted by Gasteiger charge is -2.19. The van der Waals surface area contributed by atoms with Crippen molar-refractivity contribution in [2.75, 3.05) is 0 Å². The number of fused-ring (bicyclic) bond motifs is 1. The second-order valence-electron chi connectivity index (χ2n) is 9.79. The summed E-state index contributed by atoms with van der Waals surface area (Å²) in [5.41, 5.74) is 4.72. The van der Waals surface area contributed by atoms with Crippen molar-refractivity contribution in [3.8, 4) is 16.8 Å². The minimum absolute atomic E-state index is 0.0636. The predicted octanol–water partition coefficient (Wildman–Crippen LogP) is 3.96. The highest BCUT2D eigenvalue weighted by atomic mass is 32.2. The molecule has 0 unspecified atom stereocenters. The van der Waals surface area contributed by atoms with Crippen LogP contribution < -0.4 is 5.32 Å². The highest BCUT2D eigenvalue weighted by molar-refractivity contribution is 7.92. The average molecular weight is 478 g/mol. The zero-order valence-electron chi connectivity index (χ0n) is 19.6. The lowest BCUT2D eigenvalue weighted by atomic mass is 10.0. The van der Waals surface area contributed by atoms with Crippen LogP contribution in [0.3, 0.4) is 0 Å². The molecule has 1 N–H and O–H groups in total. The maximum atomic E-state index is 13.0. The first kappa shape index (κ1) is 22.3. The molecule has 0 saturated heterocycles. The third kappa shape index (κ3) is 3.90. The van der Waals surface area contributed by atoms with Crippen LogP contribution in [0.25, 0.3) is 22.3 Å². The van der Waals surface area contributed by atoms with Gasteiger partial charge in [0.15, 0.2) is 9.84 Å². The van der Waals surface area contributed by atoms with E-state index in [0.717, 1.165) is 29.5 Å². The van der Waals surface area contributed by atoms with Crippen LogP contribution in [-0.2, 0) is 9.84 Å². The SMILES string of the molecule is Cc1ccc(C(=O)NC2CC2)cc1-c1cnn(-c2cnn3ccc(S(=O)(=O)C(C)(C)C)cc23)c1. The van der Waals surface area contributed by atoms with Gasteiger partial charge in [0.05, 0.1) is 27.6 Å². The van der Waals surface area contributed by atoms with Crippen LogP contribution in [0.2, 0.25) is 0 Å². The summed E-state index contributed by atoms with van der Waals surface area (Å²) >= 11 is 0. The number of hydrogen-bond donors (Lipinski definition) is 1. The fraction of sp³-hybridized carbons (Fsp3) is 0.320. The molecule has 0 aliphatic heterocycles. The minimum Gasteiger partial charge on any atom is -0.349 e. The summed E-state index contributed by atoms with van der Waals surface area (Å²) in [5, 5.41) is 11.9. The highest BCUT2D eigenvalue weighted by Gasteiger charge is 2.31. The number of aromatic nitrogens is 4. The maximum Gasteiger partial charge on any atom is 0.251 e. The molecule has 1 aliphatic rings. The Morgan fingerprint density at radius 3 is 2.56 bits per heavy atom. The number of nitrogens with one attached hydrogen (secondary N) is 1. The zero-order chi connectivity index (χ0) is 24.3. The molecule has 1 aliphatic carbocycles. The Balaban J connectivity index is 1.52. The van der Waals surface area contributed by atoms with Crippen molar-refractivity contribution in [1.82, 2.24) is 24.7 Å². The van der Waals surface area contributed by atoms with Crippen molar-refractivity contribution in [2.24, 2.45) is 0 Å². The normalized spacial score (nSPS) is 14.5. The van der Waals surface area contributed by atoms with E-state index in [1.165, 1.54) is 0 Å². The van der Waals surface area contributed by atoms with E-state index < -0.39 is 14.6 Å². The molecule has 8 nitrogen and oxygen atoms in total. The second kappa shape index (κ2) is 7.80. The molecule has 1 saturated carbocycles. The van der Waals surface area contributed by atoms with Gasteiger partial charge >= 0.3 is 0 Å². The lowest BCUT2D eigenvalue weighted by molar-refractivity contribution is 0.0951. The fourth-order valence-electron chi connectivity index (χ4n) is 3.81. The Kier molecular flexibility index (Phi) is 5.12. The molecule has 0 radical (unpaired) electrons. The number of sulfone groups is 1. The molecule has 1 aromatic carbocycles. The summed E-state index contributed by atoms with van der Waals surface area (Å²) in [7, 11) is -3.51. The first-order valence-electron chi connectivity index (χ1n) is 11.2. The number of carbonyl (C=O) groups is 1. The van der Waals surface area contributed by atoms with Gasteiger partial charge in [0, 0.05) is 29.6 Å². The van der Waals surface area contributed by atoms with Gasteiger partial charge in [-0.1, -0.05) is 6.07 Å². The van der Waals surface area contributed by atoms with E-state index in [1.807, 2.05) is 31.3 Å². The molecule has 9 heteroatoms. The van der Waals surface area contributed by atoms with Crippen LogP contribution in [0.4, 0.5) is 0 Å². The summed E-state index contributed by atoms with van der Waals surface area (Å²) in [6.07, 6.45) is 8.99. The Hall–Kier alpha value is -3.46. The van der Waals surface area contributed by atoms with Gasteiger partial charge < -0.3 is 5.32 Å². The molecule has 0 atom stereocenters. The standard InChI is InChI=1S/C25H27N5O3S/c1-16-5-6-17(24(31)28-19-7-8-19)11-21(16)18-13-26-30(15-18)23-14-27-29-10-9-20(12-22(23)29)34(32,33)25(2,3)4/h5-6,9-15,19H,7-8H2,1-4H3,(H,28,31). The van der Waals surface area contributed by atoms with Crippen LogP contribution in [0, 0.1) is 6.92 Å². The van der Waals surface area contributed by atoms with Gasteiger partial charge in [0.25, 0.3) is 5.91 Å². The Labute approximate surface area is 198 Å². The van der Waals surface area contributed by atoms with Gasteiger partial charge in [-0.3, -0.25) is 4.79 Å². The molecule has 4 aromatic rings. The fourth-order valence-corrected chi connectivity index (χ4v) is 5.02. The molecular weight excluding hydrogens is 450 g/mol. The van der Waals surface area contributed by atoms with Crippen molar-refractivity contribution in [3.05, 3.63) is 66.2 Å². The van der Waals surface area contributed by atoms with Crippen molar-refractivity contribution < 1.29 is 13.2 Å². The molecule has 176 valence electrons. The van der Waals surface area contributed by atoms with Crippen LogP contribution in [0.1, 0.15) is 49.5 Å². The zero-order valence-corrected chi connectivity index (χ0v) is 20.4. The Bertz CT molecular complexity index is 1520. The van der Waals surface area contributed by atoms with Gasteiger partial charge in [-0.25, -0.2) is 17.6 Å². The molecule has 5 rings (SSSR count). The molecule has 1 amide bonds. The summed E-state index contributed by atoms with van der Waals surface area (Å²) < 4.78 is 28.3. The second-order valence-corrected chi connectivity index (χ2v) is 12.5. The molecule has 34 heavy (non-hydrogen) atoms. The number of pyridine rings is 1. The molecule has 3 heterocycles. The van der Waals surface area contributed by atoms with E-state index in [0.29, 0.717) is 22.8 Å². The largest absolute Gasteiger partial charge is 0.349 e.